The molecule has 0 aliphatic heterocycles. The SMILES string of the molecule is CC(N/C=C(/C#N)C(=O)N(Cc1ccccc1)C(C)C)C(=O)O. The Morgan fingerprint density at radius 3 is 2.39 bits per heavy atom. The molecule has 0 aliphatic carbocycles. The van der Waals surface area contributed by atoms with E-state index in [-0.39, 0.29) is 11.6 Å². The van der Waals surface area contributed by atoms with Gasteiger partial charge in [-0.25, -0.2) is 0 Å². The number of hydrogen-bond donors (Lipinski definition) is 2. The van der Waals surface area contributed by atoms with Crippen LogP contribution in [0, 0.1) is 11.3 Å². The predicted molar refractivity (Wildman–Crippen MR) is 86.1 cm³/mol. The Hall–Kier alpha value is -2.81. The van der Waals surface area contributed by atoms with Gasteiger partial charge in [0, 0.05) is 18.8 Å². The third-order valence-electron chi connectivity index (χ3n) is 3.28. The first-order valence-electron chi connectivity index (χ1n) is 7.30. The molecular formula is C17H21N3O3. The molecule has 0 radical (unpaired) electrons. The topological polar surface area (TPSA) is 93.4 Å². The summed E-state index contributed by atoms with van der Waals surface area (Å²) in [7, 11) is 0. The summed E-state index contributed by atoms with van der Waals surface area (Å²) >= 11 is 0. The highest BCUT2D eigenvalue weighted by Crippen LogP contribution is 2.12. The summed E-state index contributed by atoms with van der Waals surface area (Å²) in [6, 6.07) is 10.3. The van der Waals surface area contributed by atoms with Crippen molar-refractivity contribution in [3.8, 4) is 6.07 Å². The molecule has 0 bridgehead atoms. The van der Waals surface area contributed by atoms with Crippen molar-refractivity contribution in [3.63, 3.8) is 0 Å². The second-order valence-electron chi connectivity index (χ2n) is 5.41. The molecule has 122 valence electrons. The van der Waals surface area contributed by atoms with Gasteiger partial charge in [0.1, 0.15) is 17.7 Å². The molecule has 0 aromatic heterocycles. The minimum absolute atomic E-state index is 0.101. The molecule has 1 aromatic carbocycles. The van der Waals surface area contributed by atoms with Gasteiger partial charge < -0.3 is 15.3 Å². The molecule has 1 rings (SSSR count). The molecule has 1 unspecified atom stereocenters. The van der Waals surface area contributed by atoms with E-state index in [2.05, 4.69) is 5.32 Å². The molecule has 0 saturated carbocycles. The van der Waals surface area contributed by atoms with Crippen molar-refractivity contribution in [1.29, 1.82) is 5.26 Å². The van der Waals surface area contributed by atoms with Gasteiger partial charge in [0.2, 0.25) is 0 Å². The second kappa shape index (κ2) is 8.59. The number of rotatable bonds is 7. The maximum atomic E-state index is 12.6. The van der Waals surface area contributed by atoms with E-state index in [1.54, 1.807) is 4.90 Å². The van der Waals surface area contributed by atoms with Crippen LogP contribution in [0.4, 0.5) is 0 Å². The molecule has 1 aromatic rings. The van der Waals surface area contributed by atoms with Crippen LogP contribution in [0.15, 0.2) is 42.1 Å². The lowest BCUT2D eigenvalue weighted by molar-refractivity contribution is -0.138. The maximum absolute atomic E-state index is 12.6. The lowest BCUT2D eigenvalue weighted by Crippen LogP contribution is -2.38. The minimum atomic E-state index is -1.06. The van der Waals surface area contributed by atoms with E-state index in [0.717, 1.165) is 5.56 Å². The standard InChI is InChI=1S/C17H21N3O3/c1-12(2)20(11-14-7-5-4-6-8-14)16(21)15(9-18)10-19-13(3)17(22)23/h4-8,10,12-13,19H,11H2,1-3H3,(H,22,23)/b15-10-. The smallest absolute Gasteiger partial charge is 0.325 e. The number of nitrogens with one attached hydrogen (secondary N) is 1. The molecule has 0 saturated heterocycles. The molecule has 6 nitrogen and oxygen atoms in total. The number of carbonyl (C=O) groups excluding carboxylic acids is 1. The van der Waals surface area contributed by atoms with E-state index in [1.807, 2.05) is 50.2 Å². The van der Waals surface area contributed by atoms with E-state index in [0.29, 0.717) is 6.54 Å². The zero-order valence-electron chi connectivity index (χ0n) is 13.5. The molecule has 0 aliphatic rings. The third-order valence-corrected chi connectivity index (χ3v) is 3.28. The zero-order valence-corrected chi connectivity index (χ0v) is 13.5. The molecule has 23 heavy (non-hydrogen) atoms. The molecule has 0 fully saturated rings. The lowest BCUT2D eigenvalue weighted by Gasteiger charge is -2.26. The van der Waals surface area contributed by atoms with E-state index in [9.17, 15) is 14.9 Å². The molecule has 2 N–H and O–H groups in total. The van der Waals surface area contributed by atoms with Crippen LogP contribution in [-0.4, -0.2) is 34.0 Å². The number of carboxylic acid groups (broad SMARTS) is 1. The predicted octanol–water partition coefficient (Wildman–Crippen LogP) is 1.89. The second-order valence-corrected chi connectivity index (χ2v) is 5.41. The van der Waals surface area contributed by atoms with Crippen molar-refractivity contribution < 1.29 is 14.7 Å². The summed E-state index contributed by atoms with van der Waals surface area (Å²) in [5.74, 6) is -1.49. The fourth-order valence-corrected chi connectivity index (χ4v) is 1.85. The Balaban J connectivity index is 2.92. The Kier molecular flexibility index (Phi) is 6.81. The Bertz CT molecular complexity index is 618. The lowest BCUT2D eigenvalue weighted by atomic mass is 10.1. The van der Waals surface area contributed by atoms with Crippen LogP contribution in [0.3, 0.4) is 0 Å². The van der Waals surface area contributed by atoms with E-state index in [4.69, 9.17) is 5.11 Å². The number of benzene rings is 1. The fourth-order valence-electron chi connectivity index (χ4n) is 1.85. The summed E-state index contributed by atoms with van der Waals surface area (Å²) < 4.78 is 0. The van der Waals surface area contributed by atoms with E-state index in [1.165, 1.54) is 13.1 Å². The van der Waals surface area contributed by atoms with Gasteiger partial charge in [-0.05, 0) is 26.3 Å². The van der Waals surface area contributed by atoms with Crippen molar-refractivity contribution in [2.75, 3.05) is 0 Å². The van der Waals surface area contributed by atoms with Crippen LogP contribution >= 0.6 is 0 Å². The van der Waals surface area contributed by atoms with Gasteiger partial charge in [-0.2, -0.15) is 5.26 Å². The van der Waals surface area contributed by atoms with Crippen molar-refractivity contribution in [2.45, 2.75) is 39.4 Å². The Morgan fingerprint density at radius 2 is 1.91 bits per heavy atom. The molecule has 1 atom stereocenters. The van der Waals surface area contributed by atoms with Crippen molar-refractivity contribution >= 4 is 11.9 Å². The van der Waals surface area contributed by atoms with Crippen LogP contribution < -0.4 is 5.32 Å². The summed E-state index contributed by atoms with van der Waals surface area (Å²) in [5.41, 5.74) is 0.835. The van der Waals surface area contributed by atoms with Gasteiger partial charge in [-0.1, -0.05) is 30.3 Å². The summed E-state index contributed by atoms with van der Waals surface area (Å²) in [6.07, 6.45) is 1.17. The molecule has 0 heterocycles. The number of aliphatic carboxylic acids is 1. The van der Waals surface area contributed by atoms with Gasteiger partial charge in [0.15, 0.2) is 0 Å². The first-order valence-corrected chi connectivity index (χ1v) is 7.30. The zero-order chi connectivity index (χ0) is 17.4. The number of hydrogen-bond acceptors (Lipinski definition) is 4. The largest absolute Gasteiger partial charge is 0.480 e. The summed E-state index contributed by atoms with van der Waals surface area (Å²) in [6.45, 7) is 5.54. The normalized spacial score (nSPS) is 12.4. The molecule has 0 spiro atoms. The number of nitrogens with zero attached hydrogens (tertiary/aromatic N) is 2. The first-order chi connectivity index (χ1) is 10.9. The number of carbonyl (C=O) groups is 2. The van der Waals surface area contributed by atoms with Crippen LogP contribution in [0.5, 0.6) is 0 Å². The Labute approximate surface area is 136 Å². The molecular weight excluding hydrogens is 294 g/mol. The highest BCUT2D eigenvalue weighted by Gasteiger charge is 2.21. The van der Waals surface area contributed by atoms with Crippen LogP contribution in [-0.2, 0) is 16.1 Å². The van der Waals surface area contributed by atoms with Crippen LogP contribution in [0.25, 0.3) is 0 Å². The van der Waals surface area contributed by atoms with E-state index >= 15 is 0 Å². The fraction of sp³-hybridized carbons (Fsp3) is 0.353. The van der Waals surface area contributed by atoms with E-state index < -0.39 is 17.9 Å². The Morgan fingerprint density at radius 1 is 1.30 bits per heavy atom. The van der Waals surface area contributed by atoms with Gasteiger partial charge in [-0.3, -0.25) is 9.59 Å². The summed E-state index contributed by atoms with van der Waals surface area (Å²) in [5, 5.41) is 20.6. The average Bonchev–Trinajstić information content (AvgIpc) is 2.53. The summed E-state index contributed by atoms with van der Waals surface area (Å²) in [4.78, 5) is 24.9. The highest BCUT2D eigenvalue weighted by molar-refractivity contribution is 5.97. The van der Waals surface area contributed by atoms with Crippen molar-refractivity contribution in [1.82, 2.24) is 10.2 Å². The number of nitriles is 1. The maximum Gasteiger partial charge on any atom is 0.325 e. The van der Waals surface area contributed by atoms with Crippen molar-refractivity contribution in [2.24, 2.45) is 0 Å². The molecule has 6 heteroatoms. The van der Waals surface area contributed by atoms with Crippen LogP contribution in [0.2, 0.25) is 0 Å². The monoisotopic (exact) mass is 315 g/mol. The molecule has 1 amide bonds. The van der Waals surface area contributed by atoms with Gasteiger partial charge in [0.05, 0.1) is 0 Å². The van der Waals surface area contributed by atoms with Gasteiger partial charge in [-0.15, -0.1) is 0 Å². The van der Waals surface area contributed by atoms with Crippen molar-refractivity contribution in [3.05, 3.63) is 47.7 Å². The average molecular weight is 315 g/mol. The van der Waals surface area contributed by atoms with Crippen LogP contribution in [0.1, 0.15) is 26.3 Å². The number of amides is 1. The third kappa shape index (κ3) is 5.47. The van der Waals surface area contributed by atoms with Gasteiger partial charge in [0.25, 0.3) is 5.91 Å². The highest BCUT2D eigenvalue weighted by atomic mass is 16.4. The van der Waals surface area contributed by atoms with Gasteiger partial charge >= 0.3 is 5.97 Å². The quantitative estimate of drug-likeness (QED) is 0.592. The number of carboxylic acids is 1. The minimum Gasteiger partial charge on any atom is -0.480 e. The first kappa shape index (κ1) is 18.2.